The fraction of sp³-hybridized carbons (Fsp3) is 0.385. The number of hydrogen-bond donors (Lipinski definition) is 1. The summed E-state index contributed by atoms with van der Waals surface area (Å²) in [6, 6.07) is 9.97. The molecule has 2 aromatic rings. The SMILES string of the molecule is Cn1nncc1C(O)C(C)(C)c1ccccc1. The van der Waals surface area contributed by atoms with Crippen LogP contribution in [-0.4, -0.2) is 20.1 Å². The van der Waals surface area contributed by atoms with E-state index in [1.807, 2.05) is 44.2 Å². The molecule has 90 valence electrons. The van der Waals surface area contributed by atoms with Crippen molar-refractivity contribution in [3.63, 3.8) is 0 Å². The van der Waals surface area contributed by atoms with Crippen LogP contribution in [0.2, 0.25) is 0 Å². The van der Waals surface area contributed by atoms with Gasteiger partial charge in [-0.2, -0.15) is 0 Å². The molecule has 0 bridgehead atoms. The second-order valence-corrected chi connectivity index (χ2v) is 4.77. The molecule has 17 heavy (non-hydrogen) atoms. The summed E-state index contributed by atoms with van der Waals surface area (Å²) in [5.41, 5.74) is 1.43. The maximum atomic E-state index is 10.5. The van der Waals surface area contributed by atoms with E-state index in [4.69, 9.17) is 0 Å². The monoisotopic (exact) mass is 231 g/mol. The predicted molar refractivity (Wildman–Crippen MR) is 65.4 cm³/mol. The van der Waals surface area contributed by atoms with Gasteiger partial charge in [0.05, 0.1) is 11.9 Å². The summed E-state index contributed by atoms with van der Waals surface area (Å²) in [4.78, 5) is 0. The molecule has 4 nitrogen and oxygen atoms in total. The van der Waals surface area contributed by atoms with E-state index in [0.29, 0.717) is 0 Å². The molecule has 0 spiro atoms. The first-order chi connectivity index (χ1) is 8.03. The quantitative estimate of drug-likeness (QED) is 0.876. The molecular formula is C13H17N3O. The molecule has 0 aliphatic heterocycles. The van der Waals surface area contributed by atoms with Crippen LogP contribution in [0.15, 0.2) is 36.5 Å². The molecule has 0 saturated heterocycles. The van der Waals surface area contributed by atoms with E-state index < -0.39 is 6.10 Å². The number of nitrogens with zero attached hydrogens (tertiary/aromatic N) is 3. The van der Waals surface area contributed by atoms with Crippen LogP contribution in [0.4, 0.5) is 0 Å². The minimum atomic E-state index is -0.634. The molecule has 0 amide bonds. The summed E-state index contributed by atoms with van der Waals surface area (Å²) < 4.78 is 1.61. The largest absolute Gasteiger partial charge is 0.386 e. The lowest BCUT2D eigenvalue weighted by molar-refractivity contribution is 0.0922. The maximum Gasteiger partial charge on any atom is 0.106 e. The van der Waals surface area contributed by atoms with E-state index >= 15 is 0 Å². The summed E-state index contributed by atoms with van der Waals surface area (Å²) in [6.45, 7) is 4.03. The number of aromatic nitrogens is 3. The molecule has 1 unspecified atom stereocenters. The molecular weight excluding hydrogens is 214 g/mol. The Balaban J connectivity index is 2.37. The van der Waals surface area contributed by atoms with Gasteiger partial charge in [-0.05, 0) is 5.56 Å². The van der Waals surface area contributed by atoms with Crippen LogP contribution < -0.4 is 0 Å². The number of aryl methyl sites for hydroxylation is 1. The summed E-state index contributed by atoms with van der Waals surface area (Å²) in [5.74, 6) is 0. The summed E-state index contributed by atoms with van der Waals surface area (Å²) in [5, 5.41) is 18.1. The highest BCUT2D eigenvalue weighted by atomic mass is 16.3. The molecule has 1 atom stereocenters. The third-order valence-electron chi connectivity index (χ3n) is 3.23. The van der Waals surface area contributed by atoms with Crippen LogP contribution in [-0.2, 0) is 12.5 Å². The van der Waals surface area contributed by atoms with Crippen LogP contribution in [0.25, 0.3) is 0 Å². The Morgan fingerprint density at radius 3 is 2.41 bits per heavy atom. The van der Waals surface area contributed by atoms with Crippen LogP contribution in [0.3, 0.4) is 0 Å². The van der Waals surface area contributed by atoms with Crippen molar-refractivity contribution in [1.82, 2.24) is 15.0 Å². The average Bonchev–Trinajstić information content (AvgIpc) is 2.75. The topological polar surface area (TPSA) is 50.9 Å². The molecule has 0 saturated carbocycles. The van der Waals surface area contributed by atoms with E-state index in [-0.39, 0.29) is 5.41 Å². The summed E-state index contributed by atoms with van der Waals surface area (Å²) in [6.07, 6.45) is 0.972. The van der Waals surface area contributed by atoms with Crippen molar-refractivity contribution in [2.45, 2.75) is 25.4 Å². The summed E-state index contributed by atoms with van der Waals surface area (Å²) >= 11 is 0. The zero-order valence-electron chi connectivity index (χ0n) is 10.3. The van der Waals surface area contributed by atoms with Crippen molar-refractivity contribution in [2.24, 2.45) is 7.05 Å². The van der Waals surface area contributed by atoms with Gasteiger partial charge in [0.2, 0.25) is 0 Å². The highest BCUT2D eigenvalue weighted by Gasteiger charge is 2.32. The van der Waals surface area contributed by atoms with E-state index in [0.717, 1.165) is 11.3 Å². The maximum absolute atomic E-state index is 10.5. The zero-order chi connectivity index (χ0) is 12.5. The Morgan fingerprint density at radius 1 is 1.24 bits per heavy atom. The molecule has 4 heteroatoms. The smallest absolute Gasteiger partial charge is 0.106 e. The van der Waals surface area contributed by atoms with Gasteiger partial charge in [-0.1, -0.05) is 49.4 Å². The Bertz CT molecular complexity index is 490. The van der Waals surface area contributed by atoms with Crippen LogP contribution in [0.1, 0.15) is 31.2 Å². The lowest BCUT2D eigenvalue weighted by Gasteiger charge is -2.30. The van der Waals surface area contributed by atoms with Gasteiger partial charge in [-0.3, -0.25) is 0 Å². The highest BCUT2D eigenvalue weighted by Crippen LogP contribution is 2.35. The molecule has 0 aliphatic carbocycles. The zero-order valence-corrected chi connectivity index (χ0v) is 10.3. The number of aliphatic hydroxyl groups excluding tert-OH is 1. The normalized spacial score (nSPS) is 13.6. The lowest BCUT2D eigenvalue weighted by atomic mass is 9.78. The van der Waals surface area contributed by atoms with Crippen molar-refractivity contribution in [1.29, 1.82) is 0 Å². The average molecular weight is 231 g/mol. The van der Waals surface area contributed by atoms with E-state index in [2.05, 4.69) is 10.3 Å². The fourth-order valence-corrected chi connectivity index (χ4v) is 1.94. The van der Waals surface area contributed by atoms with Crippen molar-refractivity contribution >= 4 is 0 Å². The standard InChI is InChI=1S/C13H17N3O/c1-13(2,10-7-5-4-6-8-10)12(17)11-9-14-15-16(11)3/h4-9,12,17H,1-3H3. The third-order valence-corrected chi connectivity index (χ3v) is 3.23. The lowest BCUT2D eigenvalue weighted by Crippen LogP contribution is -2.28. The van der Waals surface area contributed by atoms with Gasteiger partial charge >= 0.3 is 0 Å². The third kappa shape index (κ3) is 2.08. The van der Waals surface area contributed by atoms with Gasteiger partial charge in [0.25, 0.3) is 0 Å². The van der Waals surface area contributed by atoms with Crippen LogP contribution in [0.5, 0.6) is 0 Å². The van der Waals surface area contributed by atoms with Crippen molar-refractivity contribution in [3.05, 3.63) is 47.8 Å². The first-order valence-corrected chi connectivity index (χ1v) is 5.61. The molecule has 0 fully saturated rings. The van der Waals surface area contributed by atoms with Crippen molar-refractivity contribution in [2.75, 3.05) is 0 Å². The molecule has 0 aliphatic rings. The number of hydrogen-bond acceptors (Lipinski definition) is 3. The number of benzene rings is 1. The van der Waals surface area contributed by atoms with Gasteiger partial charge in [0.1, 0.15) is 6.10 Å². The fourth-order valence-electron chi connectivity index (χ4n) is 1.94. The minimum Gasteiger partial charge on any atom is -0.386 e. The molecule has 1 aromatic carbocycles. The Kier molecular flexibility index (Phi) is 2.98. The first-order valence-electron chi connectivity index (χ1n) is 5.61. The van der Waals surface area contributed by atoms with Gasteiger partial charge in [-0.25, -0.2) is 4.68 Å². The minimum absolute atomic E-state index is 0.378. The molecule has 2 rings (SSSR count). The van der Waals surface area contributed by atoms with Crippen molar-refractivity contribution < 1.29 is 5.11 Å². The second-order valence-electron chi connectivity index (χ2n) is 4.77. The van der Waals surface area contributed by atoms with Crippen molar-refractivity contribution in [3.8, 4) is 0 Å². The van der Waals surface area contributed by atoms with E-state index in [1.54, 1.807) is 17.9 Å². The van der Waals surface area contributed by atoms with Gasteiger partial charge in [-0.15, -0.1) is 5.10 Å². The molecule has 1 heterocycles. The highest BCUT2D eigenvalue weighted by molar-refractivity contribution is 5.27. The molecule has 1 aromatic heterocycles. The Hall–Kier alpha value is -1.68. The number of rotatable bonds is 3. The Morgan fingerprint density at radius 2 is 1.88 bits per heavy atom. The summed E-state index contributed by atoms with van der Waals surface area (Å²) in [7, 11) is 1.78. The van der Waals surface area contributed by atoms with Crippen LogP contribution >= 0.6 is 0 Å². The van der Waals surface area contributed by atoms with Gasteiger partial charge in [0, 0.05) is 12.5 Å². The second kappa shape index (κ2) is 4.30. The number of aliphatic hydroxyl groups is 1. The van der Waals surface area contributed by atoms with E-state index in [1.165, 1.54) is 0 Å². The first kappa shape index (κ1) is 11.8. The van der Waals surface area contributed by atoms with Gasteiger partial charge < -0.3 is 5.11 Å². The Labute approximate surface area is 101 Å². The predicted octanol–water partition coefficient (Wildman–Crippen LogP) is 1.83. The van der Waals surface area contributed by atoms with Crippen LogP contribution in [0, 0.1) is 0 Å². The van der Waals surface area contributed by atoms with E-state index in [9.17, 15) is 5.11 Å². The molecule has 1 N–H and O–H groups in total. The van der Waals surface area contributed by atoms with Gasteiger partial charge in [0.15, 0.2) is 0 Å². The molecule has 0 radical (unpaired) electrons.